The minimum Gasteiger partial charge on any atom is -0.130 e. The van der Waals surface area contributed by atoms with Crippen molar-refractivity contribution in [2.45, 2.75) is 13.8 Å². The molecule has 19 heavy (non-hydrogen) atoms. The molecule has 1 aliphatic rings. The Labute approximate surface area is 113 Å². The average molecular weight is 252 g/mol. The van der Waals surface area contributed by atoms with E-state index in [1.165, 1.54) is 11.1 Å². The molecule has 0 aliphatic carbocycles. The normalized spacial score (nSPS) is 14.6. The summed E-state index contributed by atoms with van der Waals surface area (Å²) >= 11 is 0. The molecule has 0 saturated carbocycles. The van der Waals surface area contributed by atoms with E-state index in [0.29, 0.717) is 0 Å². The highest BCUT2D eigenvalue weighted by Crippen LogP contribution is 2.22. The Morgan fingerprint density at radius 2 is 1.47 bits per heavy atom. The van der Waals surface area contributed by atoms with Crippen molar-refractivity contribution in [3.05, 3.63) is 59.7 Å². The number of benzene rings is 2. The second-order valence-corrected chi connectivity index (χ2v) is 5.01. The Hall–Kier alpha value is -2.16. The van der Waals surface area contributed by atoms with E-state index in [1.807, 2.05) is 0 Å². The Morgan fingerprint density at radius 3 is 2.11 bits per heavy atom. The molecule has 3 nitrogen and oxygen atoms in total. The van der Waals surface area contributed by atoms with Crippen molar-refractivity contribution in [2.75, 3.05) is 18.1 Å². The molecule has 2 aromatic carbocycles. The Balaban J connectivity index is 1.84. The number of hydrogen-bond acceptors (Lipinski definition) is 2. The van der Waals surface area contributed by atoms with E-state index in [0.717, 1.165) is 24.5 Å². The predicted octanol–water partition coefficient (Wildman–Crippen LogP) is 3.83. The predicted molar refractivity (Wildman–Crippen MR) is 76.9 cm³/mol. The molecule has 1 aliphatic heterocycles. The molecule has 0 atom stereocenters. The van der Waals surface area contributed by atoms with Crippen LogP contribution in [0.25, 0.3) is 0 Å². The summed E-state index contributed by atoms with van der Waals surface area (Å²) in [7, 11) is 0. The Bertz CT molecular complexity index is 597. The third-order valence-corrected chi connectivity index (χ3v) is 3.40. The van der Waals surface area contributed by atoms with E-state index >= 15 is 0 Å². The Morgan fingerprint density at radius 1 is 0.895 bits per heavy atom. The van der Waals surface area contributed by atoms with Gasteiger partial charge in [-0.1, -0.05) is 35.4 Å². The van der Waals surface area contributed by atoms with Crippen LogP contribution in [-0.4, -0.2) is 17.8 Å². The first-order valence-electron chi connectivity index (χ1n) is 6.62. The second kappa shape index (κ2) is 4.84. The zero-order chi connectivity index (χ0) is 13.2. The van der Waals surface area contributed by atoms with Gasteiger partial charge in [-0.25, -0.2) is 0 Å². The lowest BCUT2D eigenvalue weighted by atomic mass is 10.2. The highest BCUT2D eigenvalue weighted by molar-refractivity contribution is 5.46. The van der Waals surface area contributed by atoms with Gasteiger partial charge in [0.15, 0.2) is 13.1 Å². The van der Waals surface area contributed by atoms with Crippen LogP contribution in [0.15, 0.2) is 53.8 Å². The maximum absolute atomic E-state index is 4.65. The van der Waals surface area contributed by atoms with Gasteiger partial charge < -0.3 is 0 Å². The van der Waals surface area contributed by atoms with Gasteiger partial charge >= 0.3 is 0 Å². The van der Waals surface area contributed by atoms with E-state index in [-0.39, 0.29) is 0 Å². The molecule has 0 N–H and O–H groups in total. The maximum Gasteiger partial charge on any atom is 0.153 e. The van der Waals surface area contributed by atoms with E-state index < -0.39 is 0 Å². The third-order valence-electron chi connectivity index (χ3n) is 3.40. The second-order valence-electron chi connectivity index (χ2n) is 5.01. The van der Waals surface area contributed by atoms with Crippen molar-refractivity contribution in [3.8, 4) is 0 Å². The van der Waals surface area contributed by atoms with Gasteiger partial charge in [0.05, 0.1) is 5.22 Å². The zero-order valence-electron chi connectivity index (χ0n) is 11.4. The Kier molecular flexibility index (Phi) is 3.03. The minimum atomic E-state index is 0.928. The molecule has 0 aromatic heterocycles. The summed E-state index contributed by atoms with van der Waals surface area (Å²) in [6.45, 7) is 6.06. The summed E-state index contributed by atoms with van der Waals surface area (Å²) in [5, 5.41) is 6.71. The lowest BCUT2D eigenvalue weighted by molar-refractivity contribution is -0.496. The first kappa shape index (κ1) is 11.9. The van der Waals surface area contributed by atoms with Gasteiger partial charge in [0.2, 0.25) is 0 Å². The van der Waals surface area contributed by atoms with Crippen LogP contribution in [0.5, 0.6) is 0 Å². The highest BCUT2D eigenvalue weighted by atomic mass is 15.6. The van der Waals surface area contributed by atoms with Crippen molar-refractivity contribution < 1.29 is 4.70 Å². The van der Waals surface area contributed by atoms with E-state index in [4.69, 9.17) is 0 Å². The summed E-state index contributed by atoms with van der Waals surface area (Å²) in [6, 6.07) is 17.0. The molecule has 0 radical (unpaired) electrons. The molecule has 3 heteroatoms. The lowest BCUT2D eigenvalue weighted by Crippen LogP contribution is -2.13. The highest BCUT2D eigenvalue weighted by Gasteiger charge is 2.24. The third kappa shape index (κ3) is 2.50. The lowest BCUT2D eigenvalue weighted by Gasteiger charge is -2.02. The molecule has 96 valence electrons. The van der Waals surface area contributed by atoms with E-state index in [1.54, 1.807) is 0 Å². The fraction of sp³-hybridized carbons (Fsp3) is 0.250. The van der Waals surface area contributed by atoms with Gasteiger partial charge in [-0.05, 0) is 38.1 Å². The monoisotopic (exact) mass is 252 g/mol. The molecule has 0 fully saturated rings. The van der Waals surface area contributed by atoms with Crippen molar-refractivity contribution in [1.82, 2.24) is 0 Å². The van der Waals surface area contributed by atoms with Crippen LogP contribution in [0.4, 0.5) is 11.4 Å². The minimum absolute atomic E-state index is 0.928. The van der Waals surface area contributed by atoms with Gasteiger partial charge in [0.25, 0.3) is 0 Å². The van der Waals surface area contributed by atoms with Crippen LogP contribution in [-0.2, 0) is 0 Å². The van der Waals surface area contributed by atoms with Crippen LogP contribution >= 0.6 is 0 Å². The quantitative estimate of drug-likeness (QED) is 0.743. The SMILES string of the molecule is Cc1ccc(N2CC[N+](c3ccc(C)cc3)=N2)cc1. The van der Waals surface area contributed by atoms with Crippen LogP contribution in [0.1, 0.15) is 11.1 Å². The van der Waals surface area contributed by atoms with Crippen LogP contribution in [0, 0.1) is 13.8 Å². The van der Waals surface area contributed by atoms with Gasteiger partial charge in [0.1, 0.15) is 11.4 Å². The van der Waals surface area contributed by atoms with E-state index in [2.05, 4.69) is 77.3 Å². The maximum atomic E-state index is 4.65. The molecule has 0 bridgehead atoms. The van der Waals surface area contributed by atoms with Crippen LogP contribution < -0.4 is 5.01 Å². The molecule has 2 aromatic rings. The number of anilines is 1. The smallest absolute Gasteiger partial charge is 0.130 e. The summed E-state index contributed by atoms with van der Waals surface area (Å²) in [5.74, 6) is 0. The molecule has 0 unspecified atom stereocenters. The van der Waals surface area contributed by atoms with Gasteiger partial charge in [-0.15, -0.1) is 9.71 Å². The van der Waals surface area contributed by atoms with Crippen LogP contribution in [0.2, 0.25) is 0 Å². The van der Waals surface area contributed by atoms with Crippen molar-refractivity contribution in [3.63, 3.8) is 0 Å². The largest absolute Gasteiger partial charge is 0.153 e. The van der Waals surface area contributed by atoms with Crippen LogP contribution in [0.3, 0.4) is 0 Å². The first-order valence-corrected chi connectivity index (χ1v) is 6.62. The average Bonchev–Trinajstić information content (AvgIpc) is 2.90. The molecule has 1 heterocycles. The van der Waals surface area contributed by atoms with Crippen molar-refractivity contribution in [1.29, 1.82) is 0 Å². The van der Waals surface area contributed by atoms with Crippen molar-refractivity contribution in [2.24, 2.45) is 5.22 Å². The number of rotatable bonds is 2. The topological polar surface area (TPSA) is 18.6 Å². The number of nitrogens with zero attached hydrogens (tertiary/aromatic N) is 3. The molecular weight excluding hydrogens is 234 g/mol. The summed E-state index contributed by atoms with van der Waals surface area (Å²) in [6.07, 6.45) is 0. The molecular formula is C16H18N3+. The standard InChI is InChI=1S/C16H18N3/c1-13-3-7-15(8-4-13)18-11-12-19(17-18)16-9-5-14(2)6-10-16/h3-10H,11-12H2,1-2H3/q+1. The number of aryl methyl sites for hydroxylation is 2. The summed E-state index contributed by atoms with van der Waals surface area (Å²) in [5.41, 5.74) is 4.86. The first-order chi connectivity index (χ1) is 9.22. The van der Waals surface area contributed by atoms with Gasteiger partial charge in [0, 0.05) is 0 Å². The zero-order valence-corrected chi connectivity index (χ0v) is 11.4. The molecule has 3 rings (SSSR count). The molecule has 0 saturated heterocycles. The van der Waals surface area contributed by atoms with Crippen molar-refractivity contribution >= 4 is 11.4 Å². The molecule has 0 amide bonds. The van der Waals surface area contributed by atoms with Gasteiger partial charge in [-0.3, -0.25) is 0 Å². The molecule has 0 spiro atoms. The summed E-state index contributed by atoms with van der Waals surface area (Å²) < 4.78 is 2.05. The van der Waals surface area contributed by atoms with Gasteiger partial charge in [-0.2, -0.15) is 0 Å². The fourth-order valence-corrected chi connectivity index (χ4v) is 2.20. The number of hydrogen-bond donors (Lipinski definition) is 0. The van der Waals surface area contributed by atoms with E-state index in [9.17, 15) is 0 Å². The fourth-order valence-electron chi connectivity index (χ4n) is 2.20. The summed E-state index contributed by atoms with van der Waals surface area (Å²) in [4.78, 5) is 0.